The zero-order chi connectivity index (χ0) is 17.4. The smallest absolute Gasteiger partial charge is 0.230 e. The summed E-state index contributed by atoms with van der Waals surface area (Å²) in [5.41, 5.74) is 1.39. The van der Waals surface area contributed by atoms with Crippen LogP contribution in [0.1, 0.15) is 43.6 Å². The fourth-order valence-corrected chi connectivity index (χ4v) is 4.36. The number of hydrogen-bond donors (Lipinski definition) is 1. The first-order valence-electron chi connectivity index (χ1n) is 9.01. The fourth-order valence-electron chi connectivity index (χ4n) is 4.36. The molecule has 1 aromatic carbocycles. The van der Waals surface area contributed by atoms with Crippen LogP contribution in [0, 0.1) is 0 Å². The van der Waals surface area contributed by atoms with E-state index >= 15 is 0 Å². The van der Waals surface area contributed by atoms with Crippen molar-refractivity contribution < 1.29 is 19.1 Å². The number of fused-ring (bicyclic) bond motifs is 1. The molecule has 1 aromatic rings. The lowest BCUT2D eigenvalue weighted by molar-refractivity contribution is -0.152. The van der Waals surface area contributed by atoms with Gasteiger partial charge in [0.05, 0.1) is 25.2 Å². The van der Waals surface area contributed by atoms with Gasteiger partial charge in [0.2, 0.25) is 11.8 Å². The average Bonchev–Trinajstić information content (AvgIpc) is 3.07. The summed E-state index contributed by atoms with van der Waals surface area (Å²) in [6, 6.07) is 5.47. The van der Waals surface area contributed by atoms with Crippen molar-refractivity contribution in [3.63, 3.8) is 0 Å². The molecule has 0 bridgehead atoms. The Balaban J connectivity index is 1.60. The van der Waals surface area contributed by atoms with Crippen molar-refractivity contribution in [1.82, 2.24) is 4.90 Å². The van der Waals surface area contributed by atoms with E-state index in [1.807, 2.05) is 17.0 Å². The number of nitrogens with one attached hydrogen (secondary N) is 1. The minimum atomic E-state index is -0.449. The van der Waals surface area contributed by atoms with Gasteiger partial charge in [-0.2, -0.15) is 0 Å². The van der Waals surface area contributed by atoms with E-state index in [0.717, 1.165) is 31.2 Å². The van der Waals surface area contributed by atoms with Crippen molar-refractivity contribution in [3.8, 4) is 5.75 Å². The topological polar surface area (TPSA) is 67.9 Å². The van der Waals surface area contributed by atoms with Crippen molar-refractivity contribution in [3.05, 3.63) is 23.8 Å². The Kier molecular flexibility index (Phi) is 4.15. The van der Waals surface area contributed by atoms with Gasteiger partial charge in [0.1, 0.15) is 5.75 Å². The fraction of sp³-hybridized carbons (Fsp3) is 0.579. The monoisotopic (exact) mass is 344 g/mol. The number of ether oxygens (including phenoxy) is 2. The molecule has 1 unspecified atom stereocenters. The molecule has 4 rings (SSSR count). The maximum absolute atomic E-state index is 13.3. The lowest BCUT2D eigenvalue weighted by Crippen LogP contribution is -2.53. The molecule has 25 heavy (non-hydrogen) atoms. The zero-order valence-corrected chi connectivity index (χ0v) is 14.5. The van der Waals surface area contributed by atoms with Crippen LogP contribution in [0.15, 0.2) is 18.2 Å². The number of methoxy groups -OCH3 is 1. The SMILES string of the molecule is COc1ccc2c(c1)C(C(=O)N1CCOC3(CCCC3)C1)CC(=O)N2. The summed E-state index contributed by atoms with van der Waals surface area (Å²) in [7, 11) is 1.60. The van der Waals surface area contributed by atoms with E-state index in [1.54, 1.807) is 13.2 Å². The van der Waals surface area contributed by atoms with E-state index in [9.17, 15) is 9.59 Å². The van der Waals surface area contributed by atoms with Gasteiger partial charge in [-0.25, -0.2) is 0 Å². The van der Waals surface area contributed by atoms with E-state index < -0.39 is 5.92 Å². The number of nitrogens with zero attached hydrogens (tertiary/aromatic N) is 1. The summed E-state index contributed by atoms with van der Waals surface area (Å²) in [5.74, 6) is 0.163. The molecule has 1 aliphatic carbocycles. The second kappa shape index (κ2) is 6.33. The molecule has 2 amide bonds. The maximum Gasteiger partial charge on any atom is 0.230 e. The van der Waals surface area contributed by atoms with Gasteiger partial charge >= 0.3 is 0 Å². The molecular weight excluding hydrogens is 320 g/mol. The van der Waals surface area contributed by atoms with Crippen LogP contribution in [0.3, 0.4) is 0 Å². The van der Waals surface area contributed by atoms with Gasteiger partial charge in [0, 0.05) is 25.2 Å². The number of carbonyl (C=O) groups is 2. The highest BCUT2D eigenvalue weighted by Gasteiger charge is 2.43. The molecule has 1 N–H and O–H groups in total. The van der Waals surface area contributed by atoms with Gasteiger partial charge in [0.25, 0.3) is 0 Å². The Labute approximate surface area is 147 Å². The van der Waals surface area contributed by atoms with Crippen molar-refractivity contribution in [2.24, 2.45) is 0 Å². The van der Waals surface area contributed by atoms with Crippen LogP contribution in [0.4, 0.5) is 5.69 Å². The second-order valence-electron chi connectivity index (χ2n) is 7.26. The van der Waals surface area contributed by atoms with Crippen molar-refractivity contribution in [2.75, 3.05) is 32.1 Å². The first-order chi connectivity index (χ1) is 12.1. The summed E-state index contributed by atoms with van der Waals surface area (Å²) >= 11 is 0. The third kappa shape index (κ3) is 2.99. The third-order valence-corrected chi connectivity index (χ3v) is 5.67. The van der Waals surface area contributed by atoms with Crippen LogP contribution >= 0.6 is 0 Å². The molecule has 3 aliphatic rings. The zero-order valence-electron chi connectivity index (χ0n) is 14.5. The summed E-state index contributed by atoms with van der Waals surface area (Å²) in [4.78, 5) is 27.2. The minimum absolute atomic E-state index is 0.0268. The molecule has 2 heterocycles. The number of carbonyl (C=O) groups excluding carboxylic acids is 2. The Morgan fingerprint density at radius 1 is 1.36 bits per heavy atom. The Morgan fingerprint density at radius 2 is 2.16 bits per heavy atom. The number of morpholine rings is 1. The predicted octanol–water partition coefficient (Wildman–Crippen LogP) is 2.29. The van der Waals surface area contributed by atoms with Gasteiger partial charge in [-0.3, -0.25) is 9.59 Å². The quantitative estimate of drug-likeness (QED) is 0.894. The molecule has 1 saturated heterocycles. The maximum atomic E-state index is 13.3. The van der Waals surface area contributed by atoms with E-state index in [2.05, 4.69) is 5.32 Å². The first kappa shape index (κ1) is 16.4. The highest BCUT2D eigenvalue weighted by atomic mass is 16.5. The van der Waals surface area contributed by atoms with Crippen molar-refractivity contribution in [2.45, 2.75) is 43.6 Å². The largest absolute Gasteiger partial charge is 0.497 e. The summed E-state index contributed by atoms with van der Waals surface area (Å²) in [6.45, 7) is 1.82. The molecule has 2 aliphatic heterocycles. The van der Waals surface area contributed by atoms with Gasteiger partial charge < -0.3 is 19.7 Å². The standard InChI is InChI=1S/C19H24N2O4/c1-24-13-4-5-16-14(10-13)15(11-17(22)20-16)18(23)21-8-9-25-19(12-21)6-2-3-7-19/h4-5,10,15H,2-3,6-9,11-12H2,1H3,(H,20,22). The normalized spacial score (nSPS) is 24.8. The van der Waals surface area contributed by atoms with Crippen LogP contribution in [-0.2, 0) is 14.3 Å². The molecule has 0 aromatic heterocycles. The lowest BCUT2D eigenvalue weighted by Gasteiger charge is -2.42. The molecule has 1 saturated carbocycles. The minimum Gasteiger partial charge on any atom is -0.497 e. The summed E-state index contributed by atoms with van der Waals surface area (Å²) < 4.78 is 11.3. The number of benzene rings is 1. The predicted molar refractivity (Wildman–Crippen MR) is 92.7 cm³/mol. The van der Waals surface area contributed by atoms with E-state index in [0.29, 0.717) is 31.1 Å². The summed E-state index contributed by atoms with van der Waals surface area (Å²) in [6.07, 6.45) is 4.55. The molecule has 1 atom stereocenters. The molecule has 134 valence electrons. The number of anilines is 1. The number of amides is 2. The number of hydrogen-bond acceptors (Lipinski definition) is 4. The summed E-state index contributed by atoms with van der Waals surface area (Å²) in [5, 5.41) is 2.86. The van der Waals surface area contributed by atoms with Crippen LogP contribution < -0.4 is 10.1 Å². The van der Waals surface area contributed by atoms with Crippen LogP contribution in [0.5, 0.6) is 5.75 Å². The van der Waals surface area contributed by atoms with Gasteiger partial charge in [-0.05, 0) is 36.6 Å². The molecule has 0 radical (unpaired) electrons. The second-order valence-corrected chi connectivity index (χ2v) is 7.26. The van der Waals surface area contributed by atoms with E-state index in [4.69, 9.17) is 9.47 Å². The van der Waals surface area contributed by atoms with Crippen molar-refractivity contribution in [1.29, 1.82) is 0 Å². The van der Waals surface area contributed by atoms with Crippen LogP contribution in [-0.4, -0.2) is 49.1 Å². The molecule has 6 heteroatoms. The van der Waals surface area contributed by atoms with Gasteiger partial charge in [-0.15, -0.1) is 0 Å². The van der Waals surface area contributed by atoms with Crippen LogP contribution in [0.25, 0.3) is 0 Å². The molecule has 1 spiro atoms. The number of rotatable bonds is 2. The molecule has 2 fully saturated rings. The average molecular weight is 344 g/mol. The van der Waals surface area contributed by atoms with Crippen molar-refractivity contribution >= 4 is 17.5 Å². The van der Waals surface area contributed by atoms with E-state index in [1.165, 1.54) is 0 Å². The lowest BCUT2D eigenvalue weighted by atomic mass is 9.88. The Hall–Kier alpha value is -2.08. The molecule has 6 nitrogen and oxygen atoms in total. The van der Waals surface area contributed by atoms with Gasteiger partial charge in [-0.1, -0.05) is 12.8 Å². The van der Waals surface area contributed by atoms with E-state index in [-0.39, 0.29) is 23.8 Å². The third-order valence-electron chi connectivity index (χ3n) is 5.67. The first-order valence-corrected chi connectivity index (χ1v) is 9.01. The van der Waals surface area contributed by atoms with Gasteiger partial charge in [0.15, 0.2) is 0 Å². The highest BCUT2D eigenvalue weighted by Crippen LogP contribution is 2.39. The Morgan fingerprint density at radius 3 is 2.92 bits per heavy atom. The highest BCUT2D eigenvalue weighted by molar-refractivity contribution is 6.01. The Bertz CT molecular complexity index is 697. The molecular formula is C19H24N2O4. The van der Waals surface area contributed by atoms with Crippen LogP contribution in [0.2, 0.25) is 0 Å².